The van der Waals surface area contributed by atoms with Crippen LogP contribution in [0.3, 0.4) is 0 Å². The molecule has 2 aromatic rings. The van der Waals surface area contributed by atoms with E-state index in [4.69, 9.17) is 32.7 Å². The van der Waals surface area contributed by atoms with E-state index in [2.05, 4.69) is 23.1 Å². The van der Waals surface area contributed by atoms with Gasteiger partial charge in [-0.15, -0.1) is 0 Å². The zero-order valence-electron chi connectivity index (χ0n) is 22.2. The number of nitrogens with zero attached hydrogens (tertiary/aromatic N) is 2. The number of hydrogen-bond acceptors (Lipinski definition) is 6. The lowest BCUT2D eigenvalue weighted by molar-refractivity contribution is -0.226. The number of rotatable bonds is 7. The van der Waals surface area contributed by atoms with Crippen molar-refractivity contribution in [1.82, 2.24) is 9.80 Å². The lowest BCUT2D eigenvalue weighted by Gasteiger charge is -2.52. The van der Waals surface area contributed by atoms with Crippen molar-refractivity contribution in [3.63, 3.8) is 0 Å². The molecule has 3 aliphatic heterocycles. The lowest BCUT2D eigenvalue weighted by atomic mass is 9.86. The molecule has 2 fully saturated rings. The minimum Gasteiger partial charge on any atom is -0.448 e. The Morgan fingerprint density at radius 1 is 0.950 bits per heavy atom. The molecule has 3 aliphatic rings. The van der Waals surface area contributed by atoms with Gasteiger partial charge in [-0.3, -0.25) is 14.6 Å². The summed E-state index contributed by atoms with van der Waals surface area (Å²) >= 11 is 12.3. The monoisotopic (exact) mass is 582 g/mol. The summed E-state index contributed by atoms with van der Waals surface area (Å²) in [6.07, 6.45) is 7.34. The van der Waals surface area contributed by atoms with E-state index >= 15 is 0 Å². The van der Waals surface area contributed by atoms with E-state index in [1.165, 1.54) is 5.56 Å². The highest BCUT2D eigenvalue weighted by Gasteiger charge is 2.57. The second-order valence-corrected chi connectivity index (χ2v) is 11.2. The number of allylic oxidation sites excluding steroid dienone is 1. The van der Waals surface area contributed by atoms with E-state index in [-0.39, 0.29) is 18.9 Å². The largest absolute Gasteiger partial charge is 0.448 e. The number of likely N-dealkylation sites (tertiary alicyclic amines) is 2. The number of amides is 1. The Morgan fingerprint density at radius 2 is 1.70 bits per heavy atom. The van der Waals surface area contributed by atoms with Gasteiger partial charge in [0, 0.05) is 18.7 Å². The molecule has 2 aromatic carbocycles. The van der Waals surface area contributed by atoms with Gasteiger partial charge in [-0.25, -0.2) is 9.59 Å². The van der Waals surface area contributed by atoms with Gasteiger partial charge in [-0.1, -0.05) is 65.7 Å². The second-order valence-electron chi connectivity index (χ2n) is 10.4. The topological polar surface area (TPSA) is 76.2 Å². The molecule has 0 radical (unpaired) electrons. The third-order valence-corrected chi connectivity index (χ3v) is 8.40. The van der Waals surface area contributed by atoms with Crippen molar-refractivity contribution in [2.45, 2.75) is 50.4 Å². The van der Waals surface area contributed by atoms with Crippen molar-refractivity contribution in [1.29, 1.82) is 0 Å². The molecule has 210 valence electrons. The van der Waals surface area contributed by atoms with E-state index in [0.717, 1.165) is 50.1 Å². The molecule has 0 aromatic heterocycles. The first-order valence-electron chi connectivity index (χ1n) is 13.7. The molecule has 9 heteroatoms. The number of carbonyl (C=O) groups excluding carboxylic acids is 3. The van der Waals surface area contributed by atoms with Gasteiger partial charge in [0.1, 0.15) is 0 Å². The maximum Gasteiger partial charge on any atom is 0.333 e. The standard InChI is InChI=1S/C31H32Cl2N2O5/c32-25-12-11-23(19-26(25)33)20-27(36)35-18-15-24(10-6-9-22-7-2-1-3-8-22)30-31(35,21-34-16-4-5-17-34)40-29(38)14-13-28(37)39-30/h1-3,7-8,10-14,19,30H,4-6,9,15-18,20-21H2/b14-13-,24-10+. The van der Waals surface area contributed by atoms with Gasteiger partial charge in [0.05, 0.1) is 23.0 Å². The third kappa shape index (κ3) is 6.43. The van der Waals surface area contributed by atoms with Crippen LogP contribution in [0.5, 0.6) is 0 Å². The number of hydrogen-bond donors (Lipinski definition) is 0. The molecule has 2 saturated heterocycles. The van der Waals surface area contributed by atoms with Crippen LogP contribution in [0.25, 0.3) is 0 Å². The van der Waals surface area contributed by atoms with Crippen LogP contribution < -0.4 is 0 Å². The van der Waals surface area contributed by atoms with Crippen molar-refractivity contribution >= 4 is 41.0 Å². The summed E-state index contributed by atoms with van der Waals surface area (Å²) in [5.41, 5.74) is 1.23. The van der Waals surface area contributed by atoms with Crippen molar-refractivity contribution in [3.8, 4) is 0 Å². The zero-order valence-corrected chi connectivity index (χ0v) is 23.7. The van der Waals surface area contributed by atoms with Gasteiger partial charge in [0.25, 0.3) is 0 Å². The molecular weight excluding hydrogens is 551 g/mol. The highest BCUT2D eigenvalue weighted by molar-refractivity contribution is 6.42. The molecule has 0 saturated carbocycles. The number of aryl methyl sites for hydroxylation is 1. The summed E-state index contributed by atoms with van der Waals surface area (Å²) in [5, 5.41) is 0.759. The van der Waals surface area contributed by atoms with Gasteiger partial charge in [0.2, 0.25) is 11.6 Å². The predicted molar refractivity (Wildman–Crippen MR) is 153 cm³/mol. The zero-order chi connectivity index (χ0) is 28.1. The van der Waals surface area contributed by atoms with E-state index in [1.807, 2.05) is 18.2 Å². The summed E-state index contributed by atoms with van der Waals surface area (Å²) in [6, 6.07) is 15.2. The van der Waals surface area contributed by atoms with Crippen LogP contribution >= 0.6 is 23.2 Å². The van der Waals surface area contributed by atoms with Gasteiger partial charge >= 0.3 is 11.9 Å². The maximum atomic E-state index is 14.0. The third-order valence-electron chi connectivity index (χ3n) is 7.67. The Balaban J connectivity index is 1.51. The summed E-state index contributed by atoms with van der Waals surface area (Å²) in [6.45, 7) is 2.17. The van der Waals surface area contributed by atoms with Crippen LogP contribution in [0.1, 0.15) is 36.8 Å². The van der Waals surface area contributed by atoms with E-state index in [1.54, 1.807) is 23.1 Å². The molecule has 5 rings (SSSR count). The summed E-state index contributed by atoms with van der Waals surface area (Å²) in [5.74, 6) is -1.57. The Kier molecular flexibility index (Phi) is 8.94. The second kappa shape index (κ2) is 12.6. The number of fused-ring (bicyclic) bond motifs is 1. The Labute approximate surface area is 244 Å². The maximum absolute atomic E-state index is 14.0. The molecule has 0 N–H and O–H groups in total. The highest BCUT2D eigenvalue weighted by Crippen LogP contribution is 2.39. The minimum absolute atomic E-state index is 0.0275. The van der Waals surface area contributed by atoms with Gasteiger partial charge in [-0.2, -0.15) is 0 Å². The Morgan fingerprint density at radius 3 is 2.45 bits per heavy atom. The lowest BCUT2D eigenvalue weighted by Crippen LogP contribution is -2.70. The highest BCUT2D eigenvalue weighted by atomic mass is 35.5. The first-order chi connectivity index (χ1) is 19.3. The van der Waals surface area contributed by atoms with Crippen LogP contribution in [-0.4, -0.2) is 65.7 Å². The molecule has 0 spiro atoms. The SMILES string of the molecule is O=C1/C=C\C(=O)OC2(CN3CCCC3)C(O1)/C(=C/CCc1ccccc1)CCN2C(=O)Cc1ccc(Cl)c(Cl)c1. The van der Waals surface area contributed by atoms with Crippen LogP contribution in [0.4, 0.5) is 0 Å². The molecule has 3 heterocycles. The first-order valence-corrected chi connectivity index (χ1v) is 14.4. The van der Waals surface area contributed by atoms with Gasteiger partial charge in [-0.05, 0) is 74.0 Å². The fourth-order valence-corrected chi connectivity index (χ4v) is 6.08. The molecule has 1 amide bonds. The predicted octanol–water partition coefficient (Wildman–Crippen LogP) is 5.14. The van der Waals surface area contributed by atoms with Crippen LogP contribution in [0.15, 0.2) is 72.3 Å². The molecule has 7 nitrogen and oxygen atoms in total. The normalized spacial score (nSPS) is 25.1. The van der Waals surface area contributed by atoms with Crippen molar-refractivity contribution in [2.75, 3.05) is 26.2 Å². The van der Waals surface area contributed by atoms with Crippen LogP contribution in [0, 0.1) is 0 Å². The minimum atomic E-state index is -1.51. The number of ether oxygens (including phenoxy) is 2. The van der Waals surface area contributed by atoms with E-state index in [0.29, 0.717) is 35.0 Å². The Bertz CT molecular complexity index is 1320. The van der Waals surface area contributed by atoms with Crippen molar-refractivity contribution < 1.29 is 23.9 Å². The molecule has 40 heavy (non-hydrogen) atoms. The number of esters is 2. The fourth-order valence-electron chi connectivity index (χ4n) is 5.76. The average molecular weight is 584 g/mol. The van der Waals surface area contributed by atoms with Crippen molar-refractivity contribution in [3.05, 3.63) is 93.5 Å². The van der Waals surface area contributed by atoms with Crippen LogP contribution in [0.2, 0.25) is 10.0 Å². The van der Waals surface area contributed by atoms with Gasteiger partial charge in [0.15, 0.2) is 6.10 Å². The first kappa shape index (κ1) is 28.4. The molecular formula is C31H32Cl2N2O5. The summed E-state index contributed by atoms with van der Waals surface area (Å²) < 4.78 is 12.2. The molecule has 0 aliphatic carbocycles. The molecule has 0 bridgehead atoms. The number of piperidine rings is 1. The summed E-state index contributed by atoms with van der Waals surface area (Å²) in [7, 11) is 0. The smallest absolute Gasteiger partial charge is 0.333 e. The molecule has 2 atom stereocenters. The van der Waals surface area contributed by atoms with E-state index < -0.39 is 23.8 Å². The Hall–Kier alpha value is -3.13. The van der Waals surface area contributed by atoms with E-state index in [9.17, 15) is 14.4 Å². The number of carbonyl (C=O) groups is 3. The summed E-state index contributed by atoms with van der Waals surface area (Å²) in [4.78, 5) is 43.5. The van der Waals surface area contributed by atoms with Gasteiger partial charge < -0.3 is 9.47 Å². The van der Waals surface area contributed by atoms with Crippen molar-refractivity contribution in [2.24, 2.45) is 0 Å². The van der Waals surface area contributed by atoms with Crippen LogP contribution in [-0.2, 0) is 36.7 Å². The number of halogens is 2. The fraction of sp³-hybridized carbons (Fsp3) is 0.387. The number of benzene rings is 2. The quantitative estimate of drug-likeness (QED) is 0.332. The average Bonchev–Trinajstić information content (AvgIpc) is 3.44. The molecule has 2 unspecified atom stereocenters.